The summed E-state index contributed by atoms with van der Waals surface area (Å²) in [6.07, 6.45) is 0.627. The van der Waals surface area contributed by atoms with Gasteiger partial charge in [-0.25, -0.2) is 8.42 Å². The summed E-state index contributed by atoms with van der Waals surface area (Å²) in [5.41, 5.74) is 2.65. The zero-order valence-corrected chi connectivity index (χ0v) is 16.2. The second-order valence-corrected chi connectivity index (χ2v) is 8.21. The number of benzene rings is 2. The SMILES string of the molecule is COc1cc(Cl)c(C)cc1NS(=O)(=O)c1ccc2c(c1)CCN2C(C)=O. The molecule has 0 aliphatic carbocycles. The van der Waals surface area contributed by atoms with Crippen molar-refractivity contribution in [1.29, 1.82) is 0 Å². The van der Waals surface area contributed by atoms with Crippen LogP contribution in [0.25, 0.3) is 0 Å². The number of carbonyl (C=O) groups is 1. The van der Waals surface area contributed by atoms with Gasteiger partial charge in [0.05, 0.1) is 17.7 Å². The lowest BCUT2D eigenvalue weighted by atomic mass is 10.2. The Bertz CT molecular complexity index is 989. The molecule has 26 heavy (non-hydrogen) atoms. The van der Waals surface area contributed by atoms with Crippen LogP contribution in [0.5, 0.6) is 5.75 Å². The highest BCUT2D eigenvalue weighted by Gasteiger charge is 2.25. The first-order valence-corrected chi connectivity index (χ1v) is 9.87. The number of hydrogen-bond acceptors (Lipinski definition) is 4. The Balaban J connectivity index is 1.95. The van der Waals surface area contributed by atoms with Crippen LogP contribution in [0.15, 0.2) is 35.2 Å². The van der Waals surface area contributed by atoms with Gasteiger partial charge in [-0.05, 0) is 48.7 Å². The number of hydrogen-bond donors (Lipinski definition) is 1. The van der Waals surface area contributed by atoms with E-state index in [4.69, 9.17) is 16.3 Å². The van der Waals surface area contributed by atoms with Crippen LogP contribution in [0.3, 0.4) is 0 Å². The molecule has 0 spiro atoms. The Morgan fingerprint density at radius 1 is 1.27 bits per heavy atom. The number of nitrogens with one attached hydrogen (secondary N) is 1. The average molecular weight is 395 g/mol. The molecule has 0 fully saturated rings. The van der Waals surface area contributed by atoms with Gasteiger partial charge in [-0.1, -0.05) is 11.6 Å². The molecule has 0 saturated heterocycles. The third kappa shape index (κ3) is 3.37. The van der Waals surface area contributed by atoms with Gasteiger partial charge in [-0.15, -0.1) is 0 Å². The van der Waals surface area contributed by atoms with Gasteiger partial charge >= 0.3 is 0 Å². The molecule has 1 aliphatic rings. The summed E-state index contributed by atoms with van der Waals surface area (Å²) < 4.78 is 33.4. The Hall–Kier alpha value is -2.25. The Morgan fingerprint density at radius 3 is 2.65 bits per heavy atom. The molecule has 1 aliphatic heterocycles. The zero-order valence-electron chi connectivity index (χ0n) is 14.7. The van der Waals surface area contributed by atoms with Crippen LogP contribution < -0.4 is 14.4 Å². The van der Waals surface area contributed by atoms with Crippen LogP contribution >= 0.6 is 11.6 Å². The van der Waals surface area contributed by atoms with Crippen LogP contribution in [0.2, 0.25) is 5.02 Å². The molecule has 6 nitrogen and oxygen atoms in total. The number of fused-ring (bicyclic) bond motifs is 1. The number of ether oxygens (including phenoxy) is 1. The maximum absolute atomic E-state index is 12.8. The lowest BCUT2D eigenvalue weighted by molar-refractivity contribution is -0.116. The van der Waals surface area contributed by atoms with Crippen LogP contribution in [0.1, 0.15) is 18.1 Å². The second kappa shape index (κ2) is 6.81. The highest BCUT2D eigenvalue weighted by molar-refractivity contribution is 7.92. The van der Waals surface area contributed by atoms with E-state index in [2.05, 4.69) is 4.72 Å². The van der Waals surface area contributed by atoms with E-state index in [1.54, 1.807) is 36.1 Å². The highest BCUT2D eigenvalue weighted by atomic mass is 35.5. The van der Waals surface area contributed by atoms with Gasteiger partial charge in [0.15, 0.2) is 0 Å². The zero-order chi connectivity index (χ0) is 19.1. The van der Waals surface area contributed by atoms with Crippen molar-refractivity contribution in [2.45, 2.75) is 25.2 Å². The van der Waals surface area contributed by atoms with Gasteiger partial charge in [0.2, 0.25) is 5.91 Å². The van der Waals surface area contributed by atoms with Crippen LogP contribution in [-0.4, -0.2) is 28.0 Å². The third-order valence-electron chi connectivity index (χ3n) is 4.36. The first-order valence-electron chi connectivity index (χ1n) is 8.01. The van der Waals surface area contributed by atoms with Gasteiger partial charge < -0.3 is 9.64 Å². The van der Waals surface area contributed by atoms with E-state index in [9.17, 15) is 13.2 Å². The van der Waals surface area contributed by atoms with Crippen molar-refractivity contribution in [3.8, 4) is 5.75 Å². The van der Waals surface area contributed by atoms with Crippen LogP contribution in [-0.2, 0) is 21.2 Å². The number of methoxy groups -OCH3 is 1. The van der Waals surface area contributed by atoms with Gasteiger partial charge in [0, 0.05) is 30.2 Å². The number of aryl methyl sites for hydroxylation is 1. The number of amides is 1. The molecule has 1 N–H and O–H groups in total. The standard InChI is InChI=1S/C18H19ClN2O4S/c1-11-8-16(18(25-3)10-15(11)19)20-26(23,24)14-4-5-17-13(9-14)6-7-21(17)12(2)22/h4-5,8-10,20H,6-7H2,1-3H3. The van der Waals surface area contributed by atoms with Gasteiger partial charge in [-0.2, -0.15) is 0 Å². The minimum absolute atomic E-state index is 0.0566. The van der Waals surface area contributed by atoms with Crippen molar-refractivity contribution in [3.05, 3.63) is 46.5 Å². The highest BCUT2D eigenvalue weighted by Crippen LogP contribution is 2.34. The molecule has 1 amide bonds. The summed E-state index contributed by atoms with van der Waals surface area (Å²) in [6.45, 7) is 3.84. The Labute approximate surface area is 157 Å². The number of nitrogens with zero attached hydrogens (tertiary/aromatic N) is 1. The lowest BCUT2D eigenvalue weighted by Gasteiger charge is -2.16. The minimum Gasteiger partial charge on any atom is -0.495 e. The summed E-state index contributed by atoms with van der Waals surface area (Å²) in [7, 11) is -2.36. The number of sulfonamides is 1. The second-order valence-electron chi connectivity index (χ2n) is 6.12. The number of halogens is 1. The fraction of sp³-hybridized carbons (Fsp3) is 0.278. The molecular formula is C18H19ClN2O4S. The fourth-order valence-corrected chi connectivity index (χ4v) is 4.25. The van der Waals surface area contributed by atoms with Gasteiger partial charge in [0.25, 0.3) is 10.0 Å². The quantitative estimate of drug-likeness (QED) is 0.862. The third-order valence-corrected chi connectivity index (χ3v) is 6.13. The molecule has 138 valence electrons. The van der Waals surface area contributed by atoms with Crippen molar-refractivity contribution < 1.29 is 17.9 Å². The molecule has 1 heterocycles. The lowest BCUT2D eigenvalue weighted by Crippen LogP contribution is -2.25. The van der Waals surface area contributed by atoms with Gasteiger partial charge in [-0.3, -0.25) is 9.52 Å². The molecular weight excluding hydrogens is 376 g/mol. The summed E-state index contributed by atoms with van der Waals surface area (Å²) in [5, 5.41) is 0.492. The van der Waals surface area contributed by atoms with Gasteiger partial charge in [0.1, 0.15) is 5.75 Å². The fourth-order valence-electron chi connectivity index (χ4n) is 2.99. The monoisotopic (exact) mass is 394 g/mol. The molecule has 0 atom stereocenters. The smallest absolute Gasteiger partial charge is 0.262 e. The average Bonchev–Trinajstić information content (AvgIpc) is 3.01. The molecule has 0 aromatic heterocycles. The van der Waals surface area contributed by atoms with Crippen molar-refractivity contribution >= 4 is 38.9 Å². The first kappa shape index (κ1) is 18.5. The molecule has 8 heteroatoms. The summed E-state index contributed by atoms with van der Waals surface area (Å²) in [5.74, 6) is 0.284. The van der Waals surface area contributed by atoms with Crippen LogP contribution in [0.4, 0.5) is 11.4 Å². The van der Waals surface area contributed by atoms with Crippen molar-refractivity contribution in [1.82, 2.24) is 0 Å². The van der Waals surface area contributed by atoms with Crippen LogP contribution in [0, 0.1) is 6.92 Å². The molecule has 0 bridgehead atoms. The summed E-state index contributed by atoms with van der Waals surface area (Å²) in [6, 6.07) is 7.97. The Morgan fingerprint density at radius 2 is 2.00 bits per heavy atom. The van der Waals surface area contributed by atoms with E-state index in [1.807, 2.05) is 0 Å². The maximum atomic E-state index is 12.8. The van der Waals surface area contributed by atoms with E-state index in [1.165, 1.54) is 20.1 Å². The molecule has 0 saturated carbocycles. The molecule has 2 aromatic carbocycles. The topological polar surface area (TPSA) is 75.7 Å². The summed E-state index contributed by atoms with van der Waals surface area (Å²) in [4.78, 5) is 13.4. The van der Waals surface area contributed by atoms with E-state index < -0.39 is 10.0 Å². The van der Waals surface area contributed by atoms with E-state index in [-0.39, 0.29) is 10.8 Å². The normalized spacial score (nSPS) is 13.5. The van der Waals surface area contributed by atoms with E-state index in [0.717, 1.165) is 16.8 Å². The van der Waals surface area contributed by atoms with Crippen molar-refractivity contribution in [3.63, 3.8) is 0 Å². The van der Waals surface area contributed by atoms with Crippen molar-refractivity contribution in [2.75, 3.05) is 23.3 Å². The first-order chi connectivity index (χ1) is 12.2. The molecule has 0 unspecified atom stereocenters. The maximum Gasteiger partial charge on any atom is 0.262 e. The number of anilines is 2. The Kier molecular flexibility index (Phi) is 4.86. The minimum atomic E-state index is -3.81. The molecule has 3 rings (SSSR count). The number of carbonyl (C=O) groups excluding carboxylic acids is 1. The molecule has 0 radical (unpaired) electrons. The molecule has 2 aromatic rings. The predicted octanol–water partition coefficient (Wildman–Crippen LogP) is 3.37. The largest absolute Gasteiger partial charge is 0.495 e. The summed E-state index contributed by atoms with van der Waals surface area (Å²) >= 11 is 6.07. The van der Waals surface area contributed by atoms with E-state index >= 15 is 0 Å². The van der Waals surface area contributed by atoms with Crippen molar-refractivity contribution in [2.24, 2.45) is 0 Å². The number of rotatable bonds is 4. The predicted molar refractivity (Wildman–Crippen MR) is 102 cm³/mol. The van der Waals surface area contributed by atoms with E-state index in [0.29, 0.717) is 29.4 Å².